The molecule has 23 heavy (non-hydrogen) atoms. The highest BCUT2D eigenvalue weighted by atomic mass is 79.9. The van der Waals surface area contributed by atoms with Crippen molar-refractivity contribution < 1.29 is 4.39 Å². The smallest absolute Gasteiger partial charge is 0.267 e. The lowest BCUT2D eigenvalue weighted by molar-refractivity contribution is 0.629. The van der Waals surface area contributed by atoms with Crippen molar-refractivity contribution in [3.8, 4) is 6.07 Å². The molecular formula is C17H10BrFN2OS. The standard InChI is InChI=1S/C17H10BrFN2OS/c18-15-4-2-1-3-10(15)9-23-17-13-7-11(19)5-6-12(13)14(8-20)16(22)21-17/h1-7H,9H2,(H,21,22). The number of nitriles is 1. The number of aromatic amines is 1. The van der Waals surface area contributed by atoms with E-state index < -0.39 is 11.4 Å². The number of pyridine rings is 1. The molecule has 2 aromatic carbocycles. The van der Waals surface area contributed by atoms with Crippen molar-refractivity contribution in [2.24, 2.45) is 0 Å². The van der Waals surface area contributed by atoms with Crippen LogP contribution >= 0.6 is 27.7 Å². The third-order valence-electron chi connectivity index (χ3n) is 3.39. The summed E-state index contributed by atoms with van der Waals surface area (Å²) in [6, 6.07) is 13.7. The molecule has 0 atom stereocenters. The highest BCUT2D eigenvalue weighted by Crippen LogP contribution is 2.31. The van der Waals surface area contributed by atoms with Crippen molar-refractivity contribution in [2.45, 2.75) is 10.8 Å². The number of hydrogen-bond donors (Lipinski definition) is 1. The van der Waals surface area contributed by atoms with Crippen molar-refractivity contribution in [1.82, 2.24) is 4.98 Å². The molecule has 0 unspecified atom stereocenters. The van der Waals surface area contributed by atoms with Gasteiger partial charge in [-0.05, 0) is 29.8 Å². The lowest BCUT2D eigenvalue weighted by atomic mass is 10.1. The second kappa shape index (κ2) is 6.57. The first-order valence-electron chi connectivity index (χ1n) is 6.72. The van der Waals surface area contributed by atoms with E-state index in [0.717, 1.165) is 10.0 Å². The SMILES string of the molecule is N#Cc1c(=O)[nH]c(SCc2ccccc2Br)c2cc(F)ccc12. The quantitative estimate of drug-likeness (QED) is 0.667. The molecule has 3 rings (SSSR count). The van der Waals surface area contributed by atoms with Crippen molar-refractivity contribution in [3.05, 3.63) is 74.2 Å². The molecule has 0 amide bonds. The first-order valence-corrected chi connectivity index (χ1v) is 8.50. The Labute approximate surface area is 144 Å². The Morgan fingerprint density at radius 1 is 1.22 bits per heavy atom. The molecule has 0 aliphatic heterocycles. The van der Waals surface area contributed by atoms with Gasteiger partial charge in [-0.3, -0.25) is 4.79 Å². The minimum absolute atomic E-state index is 0.00485. The Kier molecular flexibility index (Phi) is 4.51. The maximum atomic E-state index is 13.6. The van der Waals surface area contributed by atoms with Gasteiger partial charge in [-0.15, -0.1) is 11.8 Å². The fraction of sp³-hybridized carbons (Fsp3) is 0.0588. The van der Waals surface area contributed by atoms with E-state index in [1.807, 2.05) is 30.3 Å². The molecule has 6 heteroatoms. The predicted octanol–water partition coefficient (Wildman–Crippen LogP) is 4.59. The van der Waals surface area contributed by atoms with Gasteiger partial charge in [0, 0.05) is 21.0 Å². The van der Waals surface area contributed by atoms with E-state index in [1.165, 1.54) is 30.0 Å². The minimum atomic E-state index is -0.457. The lowest BCUT2D eigenvalue weighted by Gasteiger charge is -2.09. The number of fused-ring (bicyclic) bond motifs is 1. The molecule has 1 aromatic heterocycles. The molecule has 3 nitrogen and oxygen atoms in total. The second-order valence-corrected chi connectivity index (χ2v) is 6.68. The largest absolute Gasteiger partial charge is 0.315 e. The lowest BCUT2D eigenvalue weighted by Crippen LogP contribution is -2.11. The van der Waals surface area contributed by atoms with E-state index in [1.54, 1.807) is 0 Å². The third-order valence-corrected chi connectivity index (χ3v) is 5.23. The zero-order valence-electron chi connectivity index (χ0n) is 11.8. The van der Waals surface area contributed by atoms with Crippen LogP contribution in [-0.2, 0) is 5.75 Å². The molecule has 0 fully saturated rings. The molecule has 0 saturated carbocycles. The van der Waals surface area contributed by atoms with Gasteiger partial charge in [0.1, 0.15) is 17.4 Å². The van der Waals surface area contributed by atoms with Crippen molar-refractivity contribution in [1.29, 1.82) is 5.26 Å². The van der Waals surface area contributed by atoms with Crippen LogP contribution in [0, 0.1) is 17.1 Å². The maximum absolute atomic E-state index is 13.6. The molecule has 0 bridgehead atoms. The van der Waals surface area contributed by atoms with Gasteiger partial charge in [-0.1, -0.05) is 34.1 Å². The van der Waals surface area contributed by atoms with E-state index in [-0.39, 0.29) is 5.56 Å². The number of H-pyrrole nitrogens is 1. The van der Waals surface area contributed by atoms with Crippen LogP contribution < -0.4 is 5.56 Å². The molecular weight excluding hydrogens is 379 g/mol. The highest BCUT2D eigenvalue weighted by molar-refractivity contribution is 9.10. The summed E-state index contributed by atoms with van der Waals surface area (Å²) in [5, 5.41) is 10.7. The van der Waals surface area contributed by atoms with Crippen LogP contribution in [0.3, 0.4) is 0 Å². The van der Waals surface area contributed by atoms with Gasteiger partial charge in [0.05, 0.1) is 5.03 Å². The van der Waals surface area contributed by atoms with Crippen molar-refractivity contribution in [2.75, 3.05) is 0 Å². The summed E-state index contributed by atoms with van der Waals surface area (Å²) in [6.07, 6.45) is 0. The molecule has 0 saturated heterocycles. The number of rotatable bonds is 3. The van der Waals surface area contributed by atoms with E-state index >= 15 is 0 Å². The summed E-state index contributed by atoms with van der Waals surface area (Å²) in [7, 11) is 0. The Morgan fingerprint density at radius 2 is 2.00 bits per heavy atom. The Balaban J connectivity index is 2.08. The van der Waals surface area contributed by atoms with Crippen LogP contribution in [-0.4, -0.2) is 4.98 Å². The third kappa shape index (κ3) is 3.16. The molecule has 0 radical (unpaired) electrons. The van der Waals surface area contributed by atoms with Crippen LogP contribution in [0.25, 0.3) is 10.8 Å². The first-order chi connectivity index (χ1) is 11.1. The van der Waals surface area contributed by atoms with Crippen molar-refractivity contribution >= 4 is 38.5 Å². The van der Waals surface area contributed by atoms with E-state index in [0.29, 0.717) is 21.6 Å². The monoisotopic (exact) mass is 388 g/mol. The van der Waals surface area contributed by atoms with E-state index in [2.05, 4.69) is 20.9 Å². The van der Waals surface area contributed by atoms with Gasteiger partial charge in [0.15, 0.2) is 0 Å². The summed E-state index contributed by atoms with van der Waals surface area (Å²) in [5.74, 6) is 0.200. The summed E-state index contributed by atoms with van der Waals surface area (Å²) in [5.41, 5.74) is 0.610. The van der Waals surface area contributed by atoms with E-state index in [4.69, 9.17) is 5.26 Å². The molecule has 0 aliphatic carbocycles. The molecule has 1 N–H and O–H groups in total. The summed E-state index contributed by atoms with van der Waals surface area (Å²) in [4.78, 5) is 14.7. The summed E-state index contributed by atoms with van der Waals surface area (Å²) in [6.45, 7) is 0. The van der Waals surface area contributed by atoms with Gasteiger partial charge < -0.3 is 4.98 Å². The number of benzene rings is 2. The number of nitrogens with one attached hydrogen (secondary N) is 1. The average Bonchev–Trinajstić information content (AvgIpc) is 2.54. The van der Waals surface area contributed by atoms with Crippen LogP contribution in [0.5, 0.6) is 0 Å². The van der Waals surface area contributed by atoms with Crippen LogP contribution in [0.2, 0.25) is 0 Å². The van der Waals surface area contributed by atoms with Gasteiger partial charge in [0.2, 0.25) is 0 Å². The maximum Gasteiger partial charge on any atom is 0.267 e. The molecule has 1 heterocycles. The fourth-order valence-corrected chi connectivity index (χ4v) is 3.92. The number of aromatic nitrogens is 1. The zero-order chi connectivity index (χ0) is 16.4. The van der Waals surface area contributed by atoms with E-state index in [9.17, 15) is 9.18 Å². The van der Waals surface area contributed by atoms with Crippen molar-refractivity contribution in [3.63, 3.8) is 0 Å². The van der Waals surface area contributed by atoms with Gasteiger partial charge in [-0.2, -0.15) is 5.26 Å². The number of nitrogens with zero attached hydrogens (tertiary/aromatic N) is 1. The topological polar surface area (TPSA) is 56.6 Å². The molecule has 0 aliphatic rings. The Bertz CT molecular complexity index is 994. The first kappa shape index (κ1) is 15.8. The van der Waals surface area contributed by atoms with Gasteiger partial charge in [-0.25, -0.2) is 4.39 Å². The van der Waals surface area contributed by atoms with Crippen LogP contribution in [0.15, 0.2) is 56.8 Å². The van der Waals surface area contributed by atoms with Crippen LogP contribution in [0.1, 0.15) is 11.1 Å². The average molecular weight is 389 g/mol. The van der Waals surface area contributed by atoms with Gasteiger partial charge in [0.25, 0.3) is 5.56 Å². The normalized spacial score (nSPS) is 10.7. The number of halogens is 2. The highest BCUT2D eigenvalue weighted by Gasteiger charge is 2.12. The molecule has 0 spiro atoms. The van der Waals surface area contributed by atoms with Crippen LogP contribution in [0.4, 0.5) is 4.39 Å². The fourth-order valence-electron chi connectivity index (χ4n) is 2.27. The minimum Gasteiger partial charge on any atom is -0.315 e. The molecule has 3 aromatic rings. The predicted molar refractivity (Wildman–Crippen MR) is 92.9 cm³/mol. The summed E-state index contributed by atoms with van der Waals surface area (Å²) < 4.78 is 14.6. The Hall–Kier alpha value is -2.10. The number of hydrogen-bond acceptors (Lipinski definition) is 3. The Morgan fingerprint density at radius 3 is 2.74 bits per heavy atom. The van der Waals surface area contributed by atoms with Gasteiger partial charge >= 0.3 is 0 Å². The second-order valence-electron chi connectivity index (χ2n) is 4.84. The zero-order valence-corrected chi connectivity index (χ0v) is 14.2. The number of thioether (sulfide) groups is 1. The summed E-state index contributed by atoms with van der Waals surface area (Å²) >= 11 is 4.88. The molecule has 114 valence electrons.